The summed E-state index contributed by atoms with van der Waals surface area (Å²) in [6.07, 6.45) is 0. The van der Waals surface area contributed by atoms with Crippen LogP contribution in [-0.2, 0) is 11.3 Å². The maximum Gasteiger partial charge on any atom is 0.230 e. The van der Waals surface area contributed by atoms with E-state index in [4.69, 9.17) is 9.47 Å². The number of ether oxygens (including phenoxy) is 2. The maximum atomic E-state index is 12.0. The zero-order chi connectivity index (χ0) is 19.8. The van der Waals surface area contributed by atoms with E-state index in [1.807, 2.05) is 54.6 Å². The lowest BCUT2D eigenvalue weighted by Crippen LogP contribution is -2.24. The highest BCUT2D eigenvalue weighted by Gasteiger charge is 2.10. The number of amides is 1. The lowest BCUT2D eigenvalue weighted by atomic mass is 10.1. The second-order valence-corrected chi connectivity index (χ2v) is 6.87. The van der Waals surface area contributed by atoms with E-state index in [1.54, 1.807) is 20.3 Å². The van der Waals surface area contributed by atoms with Crippen molar-refractivity contribution in [1.82, 2.24) is 15.5 Å². The highest BCUT2D eigenvalue weighted by molar-refractivity contribution is 7.99. The molecule has 0 atom stereocenters. The molecule has 0 unspecified atom stereocenters. The maximum absolute atomic E-state index is 12.0. The van der Waals surface area contributed by atoms with Crippen molar-refractivity contribution in [3.63, 3.8) is 0 Å². The second kappa shape index (κ2) is 9.75. The topological polar surface area (TPSA) is 73.3 Å². The minimum Gasteiger partial charge on any atom is -0.497 e. The van der Waals surface area contributed by atoms with Crippen molar-refractivity contribution in [3.05, 3.63) is 66.2 Å². The third-order valence-electron chi connectivity index (χ3n) is 4.01. The summed E-state index contributed by atoms with van der Waals surface area (Å²) in [7, 11) is 3.21. The van der Waals surface area contributed by atoms with Crippen LogP contribution >= 0.6 is 11.8 Å². The molecule has 0 aliphatic heterocycles. The highest BCUT2D eigenvalue weighted by atomic mass is 32.2. The van der Waals surface area contributed by atoms with Crippen molar-refractivity contribution in [1.29, 1.82) is 0 Å². The van der Waals surface area contributed by atoms with Gasteiger partial charge in [-0.2, -0.15) is 0 Å². The summed E-state index contributed by atoms with van der Waals surface area (Å²) in [5, 5.41) is 12.1. The molecule has 1 aromatic heterocycles. The molecule has 0 spiro atoms. The molecule has 1 heterocycles. The Kier molecular flexibility index (Phi) is 6.86. The molecule has 0 aliphatic carbocycles. The quantitative estimate of drug-likeness (QED) is 0.588. The zero-order valence-electron chi connectivity index (χ0n) is 15.7. The van der Waals surface area contributed by atoms with Crippen molar-refractivity contribution in [2.24, 2.45) is 0 Å². The first kappa shape index (κ1) is 19.7. The first-order valence-corrected chi connectivity index (χ1v) is 9.67. The molecule has 3 rings (SSSR count). The lowest BCUT2D eigenvalue weighted by molar-refractivity contribution is -0.118. The minimum atomic E-state index is -0.0449. The molecule has 0 fully saturated rings. The third-order valence-corrected chi connectivity index (χ3v) is 4.93. The monoisotopic (exact) mass is 395 g/mol. The van der Waals surface area contributed by atoms with Gasteiger partial charge in [-0.05, 0) is 29.8 Å². The van der Waals surface area contributed by atoms with E-state index in [1.165, 1.54) is 11.8 Å². The Morgan fingerprint density at radius 3 is 2.50 bits per heavy atom. The smallest absolute Gasteiger partial charge is 0.230 e. The van der Waals surface area contributed by atoms with Crippen molar-refractivity contribution in [2.75, 3.05) is 20.0 Å². The van der Waals surface area contributed by atoms with E-state index in [-0.39, 0.29) is 11.7 Å². The molecule has 2 aromatic carbocycles. The predicted octanol–water partition coefficient (Wildman–Crippen LogP) is 3.57. The average molecular weight is 395 g/mol. The number of aromatic nitrogens is 2. The van der Waals surface area contributed by atoms with Crippen LogP contribution in [0.15, 0.2) is 65.7 Å². The van der Waals surface area contributed by atoms with Gasteiger partial charge in [0.05, 0.1) is 25.7 Å². The van der Waals surface area contributed by atoms with Crippen LogP contribution in [0.3, 0.4) is 0 Å². The van der Waals surface area contributed by atoms with Crippen LogP contribution in [0.5, 0.6) is 11.5 Å². The van der Waals surface area contributed by atoms with Gasteiger partial charge in [-0.3, -0.25) is 4.79 Å². The van der Waals surface area contributed by atoms with E-state index in [0.717, 1.165) is 11.1 Å². The molecule has 0 saturated carbocycles. The zero-order valence-corrected chi connectivity index (χ0v) is 16.5. The molecule has 28 heavy (non-hydrogen) atoms. The van der Waals surface area contributed by atoms with Gasteiger partial charge in [0.25, 0.3) is 0 Å². The van der Waals surface area contributed by atoms with Gasteiger partial charge in [0, 0.05) is 18.2 Å². The van der Waals surface area contributed by atoms with Gasteiger partial charge in [-0.25, -0.2) is 0 Å². The summed E-state index contributed by atoms with van der Waals surface area (Å²) < 4.78 is 10.6. The van der Waals surface area contributed by atoms with E-state index < -0.39 is 0 Å². The van der Waals surface area contributed by atoms with Gasteiger partial charge in [-0.1, -0.05) is 42.1 Å². The fourth-order valence-electron chi connectivity index (χ4n) is 2.54. The van der Waals surface area contributed by atoms with Gasteiger partial charge in [0.2, 0.25) is 5.91 Å². The minimum absolute atomic E-state index is 0.0449. The Labute approximate surface area is 168 Å². The Hall–Kier alpha value is -3.06. The van der Waals surface area contributed by atoms with Crippen LogP contribution < -0.4 is 14.8 Å². The number of hydrogen-bond donors (Lipinski definition) is 1. The molecule has 0 bridgehead atoms. The number of nitrogens with one attached hydrogen (secondary N) is 1. The largest absolute Gasteiger partial charge is 0.497 e. The highest BCUT2D eigenvalue weighted by Crippen LogP contribution is 2.32. The van der Waals surface area contributed by atoms with Crippen molar-refractivity contribution in [3.8, 4) is 22.8 Å². The van der Waals surface area contributed by atoms with Gasteiger partial charge in [0.1, 0.15) is 16.5 Å². The molecule has 1 amide bonds. The van der Waals surface area contributed by atoms with Crippen molar-refractivity contribution >= 4 is 17.7 Å². The molecule has 3 aromatic rings. The Balaban J connectivity index is 1.56. The average Bonchev–Trinajstić information content (AvgIpc) is 2.77. The summed E-state index contributed by atoms with van der Waals surface area (Å²) >= 11 is 1.35. The normalized spacial score (nSPS) is 10.4. The van der Waals surface area contributed by atoms with Crippen LogP contribution in [-0.4, -0.2) is 36.1 Å². The van der Waals surface area contributed by atoms with E-state index in [2.05, 4.69) is 15.5 Å². The van der Waals surface area contributed by atoms with Crippen LogP contribution in [0, 0.1) is 0 Å². The number of rotatable bonds is 8. The molecular formula is C21H21N3O3S. The lowest BCUT2D eigenvalue weighted by Gasteiger charge is -2.10. The molecule has 7 heteroatoms. The third kappa shape index (κ3) is 5.23. The standard InChI is InChI=1S/C21H21N3O3S/c1-26-16-8-9-17(19(12-16)27-2)18-10-11-21(24-23-18)28-14-20(25)22-13-15-6-4-3-5-7-15/h3-12H,13-14H2,1-2H3,(H,22,25). The molecule has 144 valence electrons. The number of hydrogen-bond acceptors (Lipinski definition) is 6. The fraction of sp³-hybridized carbons (Fsp3) is 0.190. The van der Waals surface area contributed by atoms with Crippen molar-refractivity contribution in [2.45, 2.75) is 11.6 Å². The Bertz CT molecular complexity index is 918. The van der Waals surface area contributed by atoms with Gasteiger partial charge >= 0.3 is 0 Å². The van der Waals surface area contributed by atoms with Crippen molar-refractivity contribution < 1.29 is 14.3 Å². The van der Waals surface area contributed by atoms with E-state index in [0.29, 0.717) is 28.8 Å². The Morgan fingerprint density at radius 1 is 1.00 bits per heavy atom. The molecule has 0 aliphatic rings. The second-order valence-electron chi connectivity index (χ2n) is 5.87. The first-order chi connectivity index (χ1) is 13.7. The summed E-state index contributed by atoms with van der Waals surface area (Å²) in [4.78, 5) is 12.0. The number of nitrogens with zero attached hydrogens (tertiary/aromatic N) is 2. The van der Waals surface area contributed by atoms with Crippen LogP contribution in [0.2, 0.25) is 0 Å². The van der Waals surface area contributed by atoms with Crippen LogP contribution in [0.1, 0.15) is 5.56 Å². The van der Waals surface area contributed by atoms with Gasteiger partial charge in [0.15, 0.2) is 0 Å². The summed E-state index contributed by atoms with van der Waals surface area (Å²) in [6.45, 7) is 0.516. The fourth-order valence-corrected chi connectivity index (χ4v) is 3.18. The van der Waals surface area contributed by atoms with E-state index >= 15 is 0 Å². The summed E-state index contributed by atoms with van der Waals surface area (Å²) in [5.74, 6) is 1.61. The molecule has 0 radical (unpaired) electrons. The summed E-state index contributed by atoms with van der Waals surface area (Å²) in [5.41, 5.74) is 2.59. The number of carbonyl (C=O) groups excluding carboxylic acids is 1. The molecular weight excluding hydrogens is 374 g/mol. The number of thioether (sulfide) groups is 1. The predicted molar refractivity (Wildman–Crippen MR) is 110 cm³/mol. The first-order valence-electron chi connectivity index (χ1n) is 8.69. The van der Waals surface area contributed by atoms with Gasteiger partial charge < -0.3 is 14.8 Å². The number of methoxy groups -OCH3 is 2. The summed E-state index contributed by atoms with van der Waals surface area (Å²) in [6, 6.07) is 19.0. The van der Waals surface area contributed by atoms with Crippen LogP contribution in [0.4, 0.5) is 0 Å². The van der Waals surface area contributed by atoms with Crippen LogP contribution in [0.25, 0.3) is 11.3 Å². The number of carbonyl (C=O) groups is 1. The SMILES string of the molecule is COc1ccc(-c2ccc(SCC(=O)NCc3ccccc3)nn2)c(OC)c1. The van der Waals surface area contributed by atoms with Gasteiger partial charge in [-0.15, -0.1) is 10.2 Å². The molecule has 6 nitrogen and oxygen atoms in total. The molecule has 1 N–H and O–H groups in total. The Morgan fingerprint density at radius 2 is 1.82 bits per heavy atom. The molecule has 0 saturated heterocycles. The van der Waals surface area contributed by atoms with E-state index in [9.17, 15) is 4.79 Å². The number of benzene rings is 2.